The van der Waals surface area contributed by atoms with Crippen LogP contribution in [0.1, 0.15) is 30.0 Å². The van der Waals surface area contributed by atoms with Crippen LogP contribution in [-0.4, -0.2) is 25.5 Å². The maximum Gasteiger partial charge on any atom is 0.270 e. The molecule has 3 rings (SSSR count). The highest BCUT2D eigenvalue weighted by Gasteiger charge is 2.19. The molecular weight excluding hydrogens is 399 g/mol. The van der Waals surface area contributed by atoms with Gasteiger partial charge < -0.3 is 9.30 Å². The molecule has 0 unspecified atom stereocenters. The molecule has 0 radical (unpaired) electrons. The van der Waals surface area contributed by atoms with Crippen molar-refractivity contribution in [2.75, 3.05) is 0 Å². The number of non-ortho nitro benzene ring substituents is 1. The number of hydrogen-bond acceptors (Lipinski definition) is 7. The molecule has 0 fully saturated rings. The molecular formula is C19H17FN4O4S. The minimum Gasteiger partial charge on any atom is -0.483 e. The molecule has 0 N–H and O–H groups in total. The van der Waals surface area contributed by atoms with Crippen molar-refractivity contribution in [2.45, 2.75) is 37.1 Å². The number of carbonyl (C=O) groups excluding carboxylic acids is 1. The summed E-state index contributed by atoms with van der Waals surface area (Å²) in [5.41, 5.74) is 0.0782. The average Bonchev–Trinajstić information content (AvgIpc) is 3.08. The monoisotopic (exact) mass is 416 g/mol. The molecule has 2 aromatic carbocycles. The van der Waals surface area contributed by atoms with E-state index in [0.717, 1.165) is 0 Å². The molecule has 3 aromatic rings. The fourth-order valence-electron chi connectivity index (χ4n) is 2.62. The molecule has 0 spiro atoms. The van der Waals surface area contributed by atoms with Gasteiger partial charge in [0.25, 0.3) is 5.69 Å². The van der Waals surface area contributed by atoms with Crippen molar-refractivity contribution in [3.8, 4) is 5.75 Å². The van der Waals surface area contributed by atoms with Crippen LogP contribution in [0.2, 0.25) is 0 Å². The SMILES string of the molecule is CCn1c(COc2ccccc2F)nnc1Sc1ccc([N+](=O)[O-])cc1C(C)=O. The van der Waals surface area contributed by atoms with Crippen molar-refractivity contribution in [3.05, 3.63) is 69.8 Å². The van der Waals surface area contributed by atoms with Gasteiger partial charge in [0.15, 0.2) is 28.3 Å². The third-order valence-corrected chi connectivity index (χ3v) is 5.12. The van der Waals surface area contributed by atoms with E-state index in [0.29, 0.717) is 22.4 Å². The molecule has 0 saturated carbocycles. The second kappa shape index (κ2) is 8.82. The Morgan fingerprint density at radius 2 is 2.03 bits per heavy atom. The molecule has 0 aliphatic heterocycles. The zero-order chi connectivity index (χ0) is 21.0. The van der Waals surface area contributed by atoms with E-state index < -0.39 is 10.7 Å². The summed E-state index contributed by atoms with van der Waals surface area (Å²) in [5, 5.41) is 19.7. The smallest absolute Gasteiger partial charge is 0.270 e. The molecule has 0 atom stereocenters. The number of aromatic nitrogens is 3. The van der Waals surface area contributed by atoms with E-state index >= 15 is 0 Å². The van der Waals surface area contributed by atoms with Gasteiger partial charge in [-0.2, -0.15) is 0 Å². The molecule has 0 bridgehead atoms. The Kier molecular flexibility index (Phi) is 6.23. The van der Waals surface area contributed by atoms with Gasteiger partial charge in [-0.25, -0.2) is 4.39 Å². The molecule has 150 valence electrons. The number of nitro benzene ring substituents is 1. The van der Waals surface area contributed by atoms with Crippen LogP contribution in [0.15, 0.2) is 52.5 Å². The van der Waals surface area contributed by atoms with Crippen LogP contribution in [0.4, 0.5) is 10.1 Å². The van der Waals surface area contributed by atoms with E-state index in [9.17, 15) is 19.3 Å². The van der Waals surface area contributed by atoms with Crippen molar-refractivity contribution in [1.29, 1.82) is 0 Å². The van der Waals surface area contributed by atoms with E-state index in [1.807, 2.05) is 6.92 Å². The first-order valence-electron chi connectivity index (χ1n) is 8.67. The zero-order valence-corrected chi connectivity index (χ0v) is 16.5. The molecule has 1 aromatic heterocycles. The third-order valence-electron chi connectivity index (χ3n) is 4.06. The number of ketones is 1. The number of halogens is 1. The van der Waals surface area contributed by atoms with Gasteiger partial charge in [-0.3, -0.25) is 14.9 Å². The Morgan fingerprint density at radius 1 is 1.28 bits per heavy atom. The van der Waals surface area contributed by atoms with Gasteiger partial charge in [0, 0.05) is 29.1 Å². The summed E-state index contributed by atoms with van der Waals surface area (Å²) in [5.74, 6) is -0.158. The average molecular weight is 416 g/mol. The lowest BCUT2D eigenvalue weighted by Gasteiger charge is -2.10. The quantitative estimate of drug-likeness (QED) is 0.307. The van der Waals surface area contributed by atoms with Gasteiger partial charge in [-0.05, 0) is 43.8 Å². The first-order valence-corrected chi connectivity index (χ1v) is 9.49. The molecule has 0 amide bonds. The second-order valence-electron chi connectivity index (χ2n) is 5.96. The predicted octanol–water partition coefficient (Wildman–Crippen LogP) is 4.28. The summed E-state index contributed by atoms with van der Waals surface area (Å²) < 4.78 is 21.0. The van der Waals surface area contributed by atoms with Gasteiger partial charge >= 0.3 is 0 Å². The number of ether oxygens (including phenoxy) is 1. The topological polar surface area (TPSA) is 100 Å². The Morgan fingerprint density at radius 3 is 2.69 bits per heavy atom. The van der Waals surface area contributed by atoms with E-state index in [1.165, 1.54) is 49.0 Å². The number of carbonyl (C=O) groups is 1. The minimum absolute atomic E-state index is 0.0160. The number of nitrogens with zero attached hydrogens (tertiary/aromatic N) is 4. The standard InChI is InChI=1S/C19H17FN4O4S/c1-3-23-18(11-28-16-7-5-4-6-15(16)20)21-22-19(23)29-17-9-8-13(24(26)27)10-14(17)12(2)25/h4-10H,3,11H2,1-2H3. The number of hydrogen-bond donors (Lipinski definition) is 0. The van der Waals surface area contributed by atoms with Crippen LogP contribution in [-0.2, 0) is 13.2 Å². The van der Waals surface area contributed by atoms with Crippen LogP contribution >= 0.6 is 11.8 Å². The Hall–Kier alpha value is -3.27. The molecule has 10 heteroatoms. The highest BCUT2D eigenvalue weighted by molar-refractivity contribution is 7.99. The van der Waals surface area contributed by atoms with Crippen LogP contribution < -0.4 is 4.74 Å². The lowest BCUT2D eigenvalue weighted by atomic mass is 10.1. The van der Waals surface area contributed by atoms with Gasteiger partial charge in [-0.1, -0.05) is 12.1 Å². The van der Waals surface area contributed by atoms with Gasteiger partial charge in [-0.15, -0.1) is 10.2 Å². The lowest BCUT2D eigenvalue weighted by molar-refractivity contribution is -0.384. The number of nitro groups is 1. The summed E-state index contributed by atoms with van der Waals surface area (Å²) >= 11 is 1.18. The first-order chi connectivity index (χ1) is 13.9. The van der Waals surface area contributed by atoms with Crippen LogP contribution in [0.25, 0.3) is 0 Å². The normalized spacial score (nSPS) is 10.7. The molecule has 0 aliphatic rings. The summed E-state index contributed by atoms with van der Waals surface area (Å²) in [7, 11) is 0. The maximum absolute atomic E-state index is 13.7. The fraction of sp³-hybridized carbons (Fsp3) is 0.211. The van der Waals surface area contributed by atoms with E-state index in [2.05, 4.69) is 10.2 Å². The maximum atomic E-state index is 13.7. The van der Waals surface area contributed by atoms with Crippen molar-refractivity contribution < 1.29 is 18.8 Å². The van der Waals surface area contributed by atoms with E-state index in [4.69, 9.17) is 4.74 Å². The first kappa shape index (κ1) is 20.5. The fourth-order valence-corrected chi connectivity index (χ4v) is 3.69. The number of para-hydroxylation sites is 1. The van der Waals surface area contributed by atoms with Crippen LogP contribution in [0, 0.1) is 15.9 Å². The van der Waals surface area contributed by atoms with Crippen molar-refractivity contribution in [1.82, 2.24) is 14.8 Å². The molecule has 8 nitrogen and oxygen atoms in total. The van der Waals surface area contributed by atoms with E-state index in [-0.39, 0.29) is 29.4 Å². The number of rotatable bonds is 8. The summed E-state index contributed by atoms with van der Waals surface area (Å²) in [4.78, 5) is 22.9. The molecule has 0 saturated heterocycles. The Balaban J connectivity index is 1.85. The summed E-state index contributed by atoms with van der Waals surface area (Å²) in [6.07, 6.45) is 0. The zero-order valence-electron chi connectivity index (χ0n) is 15.7. The van der Waals surface area contributed by atoms with Crippen molar-refractivity contribution >= 4 is 23.2 Å². The van der Waals surface area contributed by atoms with Gasteiger partial charge in [0.05, 0.1) is 4.92 Å². The Bertz CT molecular complexity index is 1070. The summed E-state index contributed by atoms with van der Waals surface area (Å²) in [6.45, 7) is 3.78. The highest BCUT2D eigenvalue weighted by atomic mass is 32.2. The second-order valence-corrected chi connectivity index (χ2v) is 6.97. The highest BCUT2D eigenvalue weighted by Crippen LogP contribution is 2.32. The largest absolute Gasteiger partial charge is 0.483 e. The molecule has 29 heavy (non-hydrogen) atoms. The Labute approximate surface area is 169 Å². The van der Waals surface area contributed by atoms with Crippen molar-refractivity contribution in [3.63, 3.8) is 0 Å². The van der Waals surface area contributed by atoms with Gasteiger partial charge in [0.2, 0.25) is 0 Å². The lowest BCUT2D eigenvalue weighted by Crippen LogP contribution is -2.07. The van der Waals surface area contributed by atoms with E-state index in [1.54, 1.807) is 16.7 Å². The van der Waals surface area contributed by atoms with Crippen molar-refractivity contribution in [2.24, 2.45) is 0 Å². The predicted molar refractivity (Wildman–Crippen MR) is 104 cm³/mol. The van der Waals surface area contributed by atoms with Crippen LogP contribution in [0.3, 0.4) is 0 Å². The number of benzene rings is 2. The summed E-state index contributed by atoms with van der Waals surface area (Å²) in [6, 6.07) is 10.2. The van der Waals surface area contributed by atoms with Gasteiger partial charge in [0.1, 0.15) is 6.61 Å². The van der Waals surface area contributed by atoms with Crippen LogP contribution in [0.5, 0.6) is 5.75 Å². The number of Topliss-reactive ketones (excluding diaryl/α,β-unsaturated/α-hetero) is 1. The molecule has 0 aliphatic carbocycles. The third kappa shape index (κ3) is 4.60. The molecule has 1 heterocycles. The minimum atomic E-state index is -0.548.